The molecule has 2 nitrogen and oxygen atoms in total. The third-order valence-electron chi connectivity index (χ3n) is 2.24. The van der Waals surface area contributed by atoms with Crippen LogP contribution in [0.4, 0.5) is 0 Å². The van der Waals surface area contributed by atoms with Gasteiger partial charge in [0.15, 0.2) is 0 Å². The predicted molar refractivity (Wildman–Crippen MR) is 68.5 cm³/mol. The molecule has 0 radical (unpaired) electrons. The maximum absolute atomic E-state index is 10.6. The van der Waals surface area contributed by atoms with E-state index in [0.717, 1.165) is 22.6 Å². The molecule has 0 aromatic heterocycles. The van der Waals surface area contributed by atoms with Gasteiger partial charge in [-0.15, -0.1) is 0 Å². The Kier molecular flexibility index (Phi) is 5.06. The number of amides is 1. The highest BCUT2D eigenvalue weighted by atomic mass is 35.5. The topological polar surface area (TPSA) is 29.1 Å². The lowest BCUT2D eigenvalue weighted by Gasteiger charge is -2.02. The van der Waals surface area contributed by atoms with E-state index in [-0.39, 0.29) is 5.91 Å². The number of hydrogen-bond donors (Lipinski definition) is 1. The first kappa shape index (κ1) is 12.8. The lowest BCUT2D eigenvalue weighted by molar-refractivity contribution is -0.118. The first-order valence-corrected chi connectivity index (χ1v) is 5.65. The molecule has 0 fully saturated rings. The highest BCUT2D eigenvalue weighted by Crippen LogP contribution is 2.20. The molecule has 0 spiro atoms. The van der Waals surface area contributed by atoms with Crippen LogP contribution in [0.1, 0.15) is 24.5 Å². The second kappa shape index (κ2) is 6.33. The number of halogens is 1. The molecule has 1 aromatic rings. The fraction of sp³-hybridized carbons (Fsp3) is 0.308. The summed E-state index contributed by atoms with van der Waals surface area (Å²) < 4.78 is 0. The Morgan fingerprint density at radius 3 is 2.88 bits per heavy atom. The second-order valence-electron chi connectivity index (χ2n) is 3.64. The van der Waals surface area contributed by atoms with E-state index in [1.807, 2.05) is 37.3 Å². The van der Waals surface area contributed by atoms with Crippen molar-refractivity contribution in [2.75, 3.05) is 6.54 Å². The van der Waals surface area contributed by atoms with Crippen LogP contribution in [-0.4, -0.2) is 12.5 Å². The molecule has 0 saturated carbocycles. The van der Waals surface area contributed by atoms with E-state index in [9.17, 15) is 4.79 Å². The third kappa shape index (κ3) is 4.07. The van der Waals surface area contributed by atoms with E-state index in [2.05, 4.69) is 5.32 Å². The lowest BCUT2D eigenvalue weighted by Crippen LogP contribution is -2.20. The molecule has 0 aliphatic heterocycles. The van der Waals surface area contributed by atoms with Gasteiger partial charge >= 0.3 is 0 Å². The summed E-state index contributed by atoms with van der Waals surface area (Å²) in [5.74, 6) is 0.00215. The van der Waals surface area contributed by atoms with Gasteiger partial charge in [0.1, 0.15) is 0 Å². The highest BCUT2D eigenvalue weighted by Gasteiger charge is 1.98. The van der Waals surface area contributed by atoms with Crippen molar-refractivity contribution in [1.29, 1.82) is 0 Å². The number of carbonyl (C=O) groups is 1. The van der Waals surface area contributed by atoms with Crippen molar-refractivity contribution in [2.45, 2.75) is 20.3 Å². The van der Waals surface area contributed by atoms with E-state index in [1.54, 1.807) is 0 Å². The zero-order chi connectivity index (χ0) is 12.0. The summed E-state index contributed by atoms with van der Waals surface area (Å²) in [5.41, 5.74) is 2.20. The Morgan fingerprint density at radius 1 is 1.50 bits per heavy atom. The average molecular weight is 238 g/mol. The van der Waals surface area contributed by atoms with Gasteiger partial charge in [0.05, 0.1) is 0 Å². The molecule has 0 aliphatic rings. The van der Waals surface area contributed by atoms with Gasteiger partial charge in [0, 0.05) is 18.5 Å². The number of carbonyl (C=O) groups excluding carboxylic acids is 1. The van der Waals surface area contributed by atoms with E-state index in [0.29, 0.717) is 6.54 Å². The molecule has 0 atom stereocenters. The Hall–Kier alpha value is -1.28. The van der Waals surface area contributed by atoms with Gasteiger partial charge in [-0.3, -0.25) is 4.79 Å². The second-order valence-corrected chi connectivity index (χ2v) is 4.05. The zero-order valence-electron chi connectivity index (χ0n) is 9.59. The Balaban J connectivity index is 2.53. The molecule has 1 amide bonds. The fourth-order valence-electron chi connectivity index (χ4n) is 1.39. The number of nitrogens with one attached hydrogen (secondary N) is 1. The average Bonchev–Trinajstić information content (AvgIpc) is 2.21. The standard InChI is InChI=1S/C13H16ClNO/c1-10-6-5-8-13(14)12(10)7-3-4-9-15-11(2)16/h3,5-8H,4,9H2,1-2H3,(H,15,16). The number of aryl methyl sites for hydroxylation is 1. The van der Waals surface area contributed by atoms with Gasteiger partial charge in [-0.05, 0) is 30.5 Å². The van der Waals surface area contributed by atoms with Crippen LogP contribution in [0.25, 0.3) is 6.08 Å². The van der Waals surface area contributed by atoms with Gasteiger partial charge in [-0.25, -0.2) is 0 Å². The SMILES string of the molecule is CC(=O)NCCC=Cc1c(C)cccc1Cl. The van der Waals surface area contributed by atoms with Crippen molar-refractivity contribution in [3.63, 3.8) is 0 Å². The van der Waals surface area contributed by atoms with Gasteiger partial charge in [0.25, 0.3) is 0 Å². The Morgan fingerprint density at radius 2 is 2.25 bits per heavy atom. The summed E-state index contributed by atoms with van der Waals surface area (Å²) in [4.78, 5) is 10.6. The molecule has 86 valence electrons. The molecule has 0 saturated heterocycles. The van der Waals surface area contributed by atoms with Crippen molar-refractivity contribution in [2.24, 2.45) is 0 Å². The van der Waals surface area contributed by atoms with Crippen molar-refractivity contribution in [3.05, 3.63) is 40.4 Å². The van der Waals surface area contributed by atoms with Crippen LogP contribution in [0.5, 0.6) is 0 Å². The number of rotatable bonds is 4. The molecule has 16 heavy (non-hydrogen) atoms. The summed E-state index contributed by atoms with van der Waals surface area (Å²) in [6.07, 6.45) is 4.83. The molecular weight excluding hydrogens is 222 g/mol. The Labute approximate surface area is 101 Å². The number of benzene rings is 1. The molecule has 1 aromatic carbocycles. The molecule has 0 bridgehead atoms. The van der Waals surface area contributed by atoms with Crippen LogP contribution in [0.15, 0.2) is 24.3 Å². The molecule has 3 heteroatoms. The van der Waals surface area contributed by atoms with E-state index in [4.69, 9.17) is 11.6 Å². The fourth-order valence-corrected chi connectivity index (χ4v) is 1.67. The first-order chi connectivity index (χ1) is 7.61. The minimum absolute atomic E-state index is 0.00215. The van der Waals surface area contributed by atoms with Gasteiger partial charge < -0.3 is 5.32 Å². The monoisotopic (exact) mass is 237 g/mol. The van der Waals surface area contributed by atoms with Gasteiger partial charge in [-0.2, -0.15) is 0 Å². The van der Waals surface area contributed by atoms with Crippen LogP contribution in [0, 0.1) is 6.92 Å². The summed E-state index contributed by atoms with van der Waals surface area (Å²) in [5, 5.41) is 3.50. The van der Waals surface area contributed by atoms with Gasteiger partial charge in [-0.1, -0.05) is 35.9 Å². The van der Waals surface area contributed by atoms with Crippen LogP contribution >= 0.6 is 11.6 Å². The van der Waals surface area contributed by atoms with E-state index in [1.165, 1.54) is 6.92 Å². The summed E-state index contributed by atoms with van der Waals surface area (Å²) >= 11 is 6.07. The lowest BCUT2D eigenvalue weighted by atomic mass is 10.1. The quantitative estimate of drug-likeness (QED) is 0.801. The minimum Gasteiger partial charge on any atom is -0.356 e. The molecular formula is C13H16ClNO. The largest absolute Gasteiger partial charge is 0.356 e. The molecule has 0 heterocycles. The molecule has 0 aliphatic carbocycles. The first-order valence-electron chi connectivity index (χ1n) is 5.27. The highest BCUT2D eigenvalue weighted by molar-refractivity contribution is 6.32. The third-order valence-corrected chi connectivity index (χ3v) is 2.57. The summed E-state index contributed by atoms with van der Waals surface area (Å²) in [6.45, 7) is 4.20. The summed E-state index contributed by atoms with van der Waals surface area (Å²) in [7, 11) is 0. The van der Waals surface area contributed by atoms with Crippen molar-refractivity contribution in [3.8, 4) is 0 Å². The van der Waals surface area contributed by atoms with E-state index >= 15 is 0 Å². The van der Waals surface area contributed by atoms with Crippen molar-refractivity contribution < 1.29 is 4.79 Å². The van der Waals surface area contributed by atoms with Crippen LogP contribution in [0.3, 0.4) is 0 Å². The number of hydrogen-bond acceptors (Lipinski definition) is 1. The van der Waals surface area contributed by atoms with E-state index < -0.39 is 0 Å². The minimum atomic E-state index is 0.00215. The Bertz CT molecular complexity index is 379. The van der Waals surface area contributed by atoms with Crippen LogP contribution in [0.2, 0.25) is 5.02 Å². The van der Waals surface area contributed by atoms with Crippen molar-refractivity contribution >= 4 is 23.6 Å². The van der Waals surface area contributed by atoms with Crippen molar-refractivity contribution in [1.82, 2.24) is 5.32 Å². The molecule has 1 rings (SSSR count). The van der Waals surface area contributed by atoms with Crippen LogP contribution in [-0.2, 0) is 4.79 Å². The van der Waals surface area contributed by atoms with Crippen LogP contribution < -0.4 is 5.32 Å². The molecule has 1 N–H and O–H groups in total. The predicted octanol–water partition coefficient (Wildman–Crippen LogP) is 3.19. The zero-order valence-corrected chi connectivity index (χ0v) is 10.3. The maximum atomic E-state index is 10.6. The summed E-state index contributed by atoms with van der Waals surface area (Å²) in [6, 6.07) is 5.84. The maximum Gasteiger partial charge on any atom is 0.216 e. The van der Waals surface area contributed by atoms with Gasteiger partial charge in [0.2, 0.25) is 5.91 Å². The smallest absolute Gasteiger partial charge is 0.216 e. The molecule has 0 unspecified atom stereocenters. The normalized spacial score (nSPS) is 10.7.